The van der Waals surface area contributed by atoms with E-state index in [1.807, 2.05) is 0 Å². The van der Waals surface area contributed by atoms with Crippen molar-refractivity contribution in [1.29, 1.82) is 0 Å². The van der Waals surface area contributed by atoms with Gasteiger partial charge in [-0.05, 0) is 37.5 Å². The Bertz CT molecular complexity index is 255. The summed E-state index contributed by atoms with van der Waals surface area (Å²) in [5.41, 5.74) is 5.85. The second-order valence-corrected chi connectivity index (χ2v) is 6.92. The van der Waals surface area contributed by atoms with E-state index in [4.69, 9.17) is 5.73 Å². The van der Waals surface area contributed by atoms with Crippen molar-refractivity contribution in [2.75, 3.05) is 6.54 Å². The fraction of sp³-hybridized carbons (Fsp3) is 1.00. The lowest BCUT2D eigenvalue weighted by molar-refractivity contribution is -0.129. The lowest BCUT2D eigenvalue weighted by Gasteiger charge is -2.51. The molecule has 2 fully saturated rings. The van der Waals surface area contributed by atoms with Crippen LogP contribution in [-0.2, 0) is 0 Å². The van der Waals surface area contributed by atoms with Crippen LogP contribution in [0.2, 0.25) is 0 Å². The summed E-state index contributed by atoms with van der Waals surface area (Å²) in [5, 5.41) is 11.1. The summed E-state index contributed by atoms with van der Waals surface area (Å²) in [6.45, 7) is 5.24. The van der Waals surface area contributed by atoms with Crippen molar-refractivity contribution in [3.05, 3.63) is 0 Å². The molecule has 0 aromatic carbocycles. The van der Waals surface area contributed by atoms with Gasteiger partial charge in [0.15, 0.2) is 0 Å². The predicted octanol–water partition coefficient (Wildman–Crippen LogP) is 2.84. The molecule has 0 aliphatic heterocycles. The Kier molecular flexibility index (Phi) is 3.09. The van der Waals surface area contributed by atoms with Gasteiger partial charge in [-0.2, -0.15) is 0 Å². The third-order valence-corrected chi connectivity index (χ3v) is 5.15. The van der Waals surface area contributed by atoms with Gasteiger partial charge in [0, 0.05) is 12.0 Å². The van der Waals surface area contributed by atoms with Gasteiger partial charge in [-0.15, -0.1) is 0 Å². The molecule has 2 heteroatoms. The van der Waals surface area contributed by atoms with E-state index in [0.29, 0.717) is 6.54 Å². The first-order valence-corrected chi connectivity index (χ1v) is 6.86. The lowest BCUT2D eigenvalue weighted by atomic mass is 9.58. The molecule has 2 nitrogen and oxygen atoms in total. The monoisotopic (exact) mass is 225 g/mol. The molecular formula is C14H27NO. The molecule has 1 atom stereocenters. The van der Waals surface area contributed by atoms with Crippen LogP contribution in [0, 0.1) is 10.8 Å². The lowest BCUT2D eigenvalue weighted by Crippen LogP contribution is -2.55. The Morgan fingerprint density at radius 3 is 2.12 bits per heavy atom. The summed E-state index contributed by atoms with van der Waals surface area (Å²) in [6, 6.07) is 0. The maximum Gasteiger partial charge on any atom is 0.0720 e. The van der Waals surface area contributed by atoms with E-state index >= 15 is 0 Å². The van der Waals surface area contributed by atoms with Crippen molar-refractivity contribution in [1.82, 2.24) is 0 Å². The minimum Gasteiger partial charge on any atom is -0.389 e. The normalized spacial score (nSPS) is 37.5. The molecule has 0 heterocycles. The molecule has 94 valence electrons. The van der Waals surface area contributed by atoms with E-state index in [2.05, 4.69) is 13.8 Å². The molecule has 0 spiro atoms. The van der Waals surface area contributed by atoms with Crippen molar-refractivity contribution < 1.29 is 5.11 Å². The van der Waals surface area contributed by atoms with Crippen LogP contribution < -0.4 is 5.73 Å². The quantitative estimate of drug-likeness (QED) is 0.759. The molecule has 2 rings (SSSR count). The van der Waals surface area contributed by atoms with E-state index < -0.39 is 5.60 Å². The fourth-order valence-electron chi connectivity index (χ4n) is 4.19. The minimum atomic E-state index is -0.486. The van der Waals surface area contributed by atoms with Crippen LogP contribution >= 0.6 is 0 Å². The molecule has 2 saturated carbocycles. The van der Waals surface area contributed by atoms with Gasteiger partial charge >= 0.3 is 0 Å². The van der Waals surface area contributed by atoms with Crippen LogP contribution in [0.25, 0.3) is 0 Å². The molecular weight excluding hydrogens is 198 g/mol. The highest BCUT2D eigenvalue weighted by Crippen LogP contribution is 2.55. The van der Waals surface area contributed by atoms with Crippen molar-refractivity contribution in [2.45, 2.75) is 70.8 Å². The van der Waals surface area contributed by atoms with Crippen molar-refractivity contribution in [2.24, 2.45) is 16.6 Å². The SMILES string of the molecule is CC1(C)CCCC(O)(C2(CN)CCCC2)C1. The number of hydrogen-bond acceptors (Lipinski definition) is 2. The van der Waals surface area contributed by atoms with Gasteiger partial charge in [-0.25, -0.2) is 0 Å². The van der Waals surface area contributed by atoms with Gasteiger partial charge in [-0.3, -0.25) is 0 Å². The highest BCUT2D eigenvalue weighted by atomic mass is 16.3. The summed E-state index contributed by atoms with van der Waals surface area (Å²) in [6.07, 6.45) is 9.08. The van der Waals surface area contributed by atoms with Gasteiger partial charge < -0.3 is 10.8 Å². The fourth-order valence-corrected chi connectivity index (χ4v) is 4.19. The molecule has 3 N–H and O–H groups in total. The maximum absolute atomic E-state index is 11.1. The number of nitrogens with two attached hydrogens (primary N) is 1. The van der Waals surface area contributed by atoms with E-state index in [1.165, 1.54) is 19.3 Å². The molecule has 16 heavy (non-hydrogen) atoms. The van der Waals surface area contributed by atoms with Gasteiger partial charge in [0.2, 0.25) is 0 Å². The number of aliphatic hydroxyl groups is 1. The summed E-state index contributed by atoms with van der Waals surface area (Å²) in [5.74, 6) is 0. The maximum atomic E-state index is 11.1. The average Bonchev–Trinajstić information content (AvgIpc) is 2.65. The molecule has 0 amide bonds. The zero-order valence-corrected chi connectivity index (χ0v) is 10.9. The second kappa shape index (κ2) is 3.99. The number of rotatable bonds is 2. The second-order valence-electron chi connectivity index (χ2n) is 6.92. The molecule has 0 bridgehead atoms. The molecule has 0 radical (unpaired) electrons. The largest absolute Gasteiger partial charge is 0.389 e. The van der Waals surface area contributed by atoms with E-state index in [1.54, 1.807) is 0 Å². The summed E-state index contributed by atoms with van der Waals surface area (Å²) < 4.78 is 0. The van der Waals surface area contributed by atoms with Crippen LogP contribution in [0.5, 0.6) is 0 Å². The summed E-state index contributed by atoms with van der Waals surface area (Å²) >= 11 is 0. The van der Waals surface area contributed by atoms with Crippen LogP contribution in [0.15, 0.2) is 0 Å². The zero-order valence-electron chi connectivity index (χ0n) is 10.9. The molecule has 1 unspecified atom stereocenters. The third kappa shape index (κ3) is 1.91. The first-order chi connectivity index (χ1) is 7.43. The Balaban J connectivity index is 2.22. The predicted molar refractivity (Wildman–Crippen MR) is 67.2 cm³/mol. The molecule has 2 aliphatic carbocycles. The first kappa shape index (κ1) is 12.4. The van der Waals surface area contributed by atoms with E-state index in [-0.39, 0.29) is 10.8 Å². The van der Waals surface area contributed by atoms with Crippen molar-refractivity contribution in [3.63, 3.8) is 0 Å². The van der Waals surface area contributed by atoms with E-state index in [9.17, 15) is 5.11 Å². The molecule has 0 saturated heterocycles. The van der Waals surface area contributed by atoms with Crippen LogP contribution in [0.4, 0.5) is 0 Å². The minimum absolute atomic E-state index is 0.0324. The average molecular weight is 225 g/mol. The smallest absolute Gasteiger partial charge is 0.0720 e. The van der Waals surface area contributed by atoms with Gasteiger partial charge in [0.1, 0.15) is 0 Å². The van der Waals surface area contributed by atoms with Gasteiger partial charge in [0.25, 0.3) is 0 Å². The van der Waals surface area contributed by atoms with Gasteiger partial charge in [0.05, 0.1) is 5.60 Å². The van der Waals surface area contributed by atoms with Crippen molar-refractivity contribution in [3.8, 4) is 0 Å². The highest BCUT2D eigenvalue weighted by molar-refractivity contribution is 5.06. The Morgan fingerprint density at radius 2 is 1.62 bits per heavy atom. The topological polar surface area (TPSA) is 46.2 Å². The van der Waals surface area contributed by atoms with Crippen LogP contribution in [0.3, 0.4) is 0 Å². The Hall–Kier alpha value is -0.0800. The summed E-state index contributed by atoms with van der Waals surface area (Å²) in [4.78, 5) is 0. The standard InChI is InChI=1S/C14H27NO/c1-12(2)6-5-9-14(16,10-12)13(11-15)7-3-4-8-13/h16H,3-11,15H2,1-2H3. The third-order valence-electron chi connectivity index (χ3n) is 5.15. The van der Waals surface area contributed by atoms with E-state index in [0.717, 1.165) is 32.1 Å². The van der Waals surface area contributed by atoms with Crippen molar-refractivity contribution >= 4 is 0 Å². The Morgan fingerprint density at radius 1 is 1.00 bits per heavy atom. The van der Waals surface area contributed by atoms with Crippen LogP contribution in [-0.4, -0.2) is 17.3 Å². The van der Waals surface area contributed by atoms with Gasteiger partial charge in [-0.1, -0.05) is 33.1 Å². The van der Waals surface area contributed by atoms with Crippen LogP contribution in [0.1, 0.15) is 65.2 Å². The molecule has 2 aliphatic rings. The molecule has 0 aromatic rings. The number of hydrogen-bond donors (Lipinski definition) is 2. The highest BCUT2D eigenvalue weighted by Gasteiger charge is 2.53. The molecule has 0 aromatic heterocycles. The Labute approximate surface area is 99.6 Å². The zero-order chi connectivity index (χ0) is 11.9. The first-order valence-electron chi connectivity index (χ1n) is 6.86. The summed E-state index contributed by atoms with van der Waals surface area (Å²) in [7, 11) is 0.